The summed E-state index contributed by atoms with van der Waals surface area (Å²) in [5, 5.41) is 3.10. The monoisotopic (exact) mass is 466 g/mol. The SMILES string of the molecule is COc1ccc([C@H](C(=O)NC2CCCC2)N(C(=O)c2ccco2)c2ccc(F)cc2)cc1OC. The smallest absolute Gasteiger partial charge is 0.294 e. The molecule has 34 heavy (non-hydrogen) atoms. The number of ether oxygens (including phenoxy) is 2. The minimum Gasteiger partial charge on any atom is -0.493 e. The molecule has 0 radical (unpaired) electrons. The Labute approximate surface area is 197 Å². The Morgan fingerprint density at radius 2 is 1.74 bits per heavy atom. The second-order valence-electron chi connectivity index (χ2n) is 8.14. The number of methoxy groups -OCH3 is 2. The van der Waals surface area contributed by atoms with Crippen LogP contribution < -0.4 is 19.7 Å². The fourth-order valence-electron chi connectivity index (χ4n) is 4.30. The Hall–Kier alpha value is -3.81. The largest absolute Gasteiger partial charge is 0.493 e. The van der Waals surface area contributed by atoms with Crippen molar-refractivity contribution in [2.45, 2.75) is 37.8 Å². The first-order valence-corrected chi connectivity index (χ1v) is 11.2. The molecule has 2 aromatic carbocycles. The van der Waals surface area contributed by atoms with E-state index in [4.69, 9.17) is 13.9 Å². The van der Waals surface area contributed by atoms with E-state index in [0.29, 0.717) is 22.7 Å². The van der Waals surface area contributed by atoms with Crippen LogP contribution in [0.25, 0.3) is 0 Å². The van der Waals surface area contributed by atoms with Crippen molar-refractivity contribution in [1.82, 2.24) is 5.32 Å². The zero-order valence-corrected chi connectivity index (χ0v) is 19.1. The quantitative estimate of drug-likeness (QED) is 0.512. The van der Waals surface area contributed by atoms with Crippen LogP contribution >= 0.6 is 0 Å². The summed E-state index contributed by atoms with van der Waals surface area (Å²) in [6.45, 7) is 0. The minimum absolute atomic E-state index is 0.0314. The highest BCUT2D eigenvalue weighted by atomic mass is 19.1. The van der Waals surface area contributed by atoms with Gasteiger partial charge in [0.15, 0.2) is 17.3 Å². The van der Waals surface area contributed by atoms with Crippen LogP contribution in [0, 0.1) is 5.82 Å². The van der Waals surface area contributed by atoms with E-state index in [2.05, 4.69) is 5.32 Å². The molecule has 0 unspecified atom stereocenters. The van der Waals surface area contributed by atoms with Gasteiger partial charge in [-0.15, -0.1) is 0 Å². The number of hydrogen-bond donors (Lipinski definition) is 1. The number of hydrogen-bond acceptors (Lipinski definition) is 5. The Kier molecular flexibility index (Phi) is 7.15. The van der Waals surface area contributed by atoms with E-state index >= 15 is 0 Å². The average Bonchev–Trinajstić information content (AvgIpc) is 3.57. The van der Waals surface area contributed by atoms with Gasteiger partial charge in [-0.25, -0.2) is 4.39 Å². The van der Waals surface area contributed by atoms with E-state index in [-0.39, 0.29) is 17.7 Å². The Morgan fingerprint density at radius 1 is 1.03 bits per heavy atom. The van der Waals surface area contributed by atoms with Crippen molar-refractivity contribution < 1.29 is 27.9 Å². The third-order valence-corrected chi connectivity index (χ3v) is 5.99. The lowest BCUT2D eigenvalue weighted by atomic mass is 10.0. The lowest BCUT2D eigenvalue weighted by Crippen LogP contribution is -2.46. The number of benzene rings is 2. The summed E-state index contributed by atoms with van der Waals surface area (Å²) in [5.41, 5.74) is 0.863. The molecule has 3 aromatic rings. The van der Waals surface area contributed by atoms with E-state index in [1.807, 2.05) is 0 Å². The summed E-state index contributed by atoms with van der Waals surface area (Å²) in [6, 6.07) is 12.6. The second kappa shape index (κ2) is 10.4. The Balaban J connectivity index is 1.84. The van der Waals surface area contributed by atoms with Gasteiger partial charge in [-0.3, -0.25) is 14.5 Å². The van der Waals surface area contributed by atoms with Crippen LogP contribution in [-0.2, 0) is 4.79 Å². The molecule has 1 N–H and O–H groups in total. The summed E-state index contributed by atoms with van der Waals surface area (Å²) >= 11 is 0. The van der Waals surface area contributed by atoms with Gasteiger partial charge < -0.3 is 19.2 Å². The molecule has 0 spiro atoms. The van der Waals surface area contributed by atoms with Gasteiger partial charge in [0.05, 0.1) is 20.5 Å². The van der Waals surface area contributed by atoms with Crippen molar-refractivity contribution in [3.63, 3.8) is 0 Å². The second-order valence-corrected chi connectivity index (χ2v) is 8.14. The lowest BCUT2D eigenvalue weighted by Gasteiger charge is -2.32. The van der Waals surface area contributed by atoms with E-state index in [0.717, 1.165) is 25.7 Å². The molecule has 0 aliphatic heterocycles. The summed E-state index contributed by atoms with van der Waals surface area (Å²) in [6.07, 6.45) is 5.23. The van der Waals surface area contributed by atoms with Gasteiger partial charge in [0.25, 0.3) is 5.91 Å². The maximum atomic E-state index is 13.7. The number of nitrogens with one attached hydrogen (secondary N) is 1. The molecule has 1 aliphatic carbocycles. The van der Waals surface area contributed by atoms with Crippen LogP contribution in [-0.4, -0.2) is 32.1 Å². The van der Waals surface area contributed by atoms with Crippen LogP contribution in [0.5, 0.6) is 11.5 Å². The maximum Gasteiger partial charge on any atom is 0.294 e. The van der Waals surface area contributed by atoms with Crippen LogP contribution in [0.4, 0.5) is 10.1 Å². The molecule has 178 valence electrons. The highest BCUT2D eigenvalue weighted by Gasteiger charge is 2.36. The molecule has 4 rings (SSSR count). The Bertz CT molecular complexity index is 1120. The van der Waals surface area contributed by atoms with E-state index in [1.54, 1.807) is 24.3 Å². The first-order chi connectivity index (χ1) is 16.5. The van der Waals surface area contributed by atoms with Gasteiger partial charge in [-0.2, -0.15) is 0 Å². The van der Waals surface area contributed by atoms with Gasteiger partial charge in [0, 0.05) is 11.7 Å². The number of carbonyl (C=O) groups is 2. The molecule has 1 aliphatic rings. The highest BCUT2D eigenvalue weighted by Crippen LogP contribution is 2.35. The van der Waals surface area contributed by atoms with Crippen molar-refractivity contribution in [2.24, 2.45) is 0 Å². The van der Waals surface area contributed by atoms with Gasteiger partial charge in [0.1, 0.15) is 11.9 Å². The molecule has 1 aromatic heterocycles. The maximum absolute atomic E-state index is 13.7. The number of rotatable bonds is 8. The zero-order chi connectivity index (χ0) is 24.1. The third kappa shape index (κ3) is 4.90. The molecule has 2 amide bonds. The number of carbonyl (C=O) groups excluding carboxylic acids is 2. The normalized spacial score (nSPS) is 14.4. The molecule has 8 heteroatoms. The zero-order valence-electron chi connectivity index (χ0n) is 19.1. The van der Waals surface area contributed by atoms with Crippen molar-refractivity contribution in [2.75, 3.05) is 19.1 Å². The summed E-state index contributed by atoms with van der Waals surface area (Å²) in [5.74, 6) is -0.355. The molecular formula is C26H27FN2O5. The van der Waals surface area contributed by atoms with Crippen molar-refractivity contribution in [3.8, 4) is 11.5 Å². The van der Waals surface area contributed by atoms with Gasteiger partial charge >= 0.3 is 0 Å². The topological polar surface area (TPSA) is 81.0 Å². The van der Waals surface area contributed by atoms with Crippen molar-refractivity contribution in [3.05, 3.63) is 78.0 Å². The number of anilines is 1. The molecule has 1 fully saturated rings. The van der Waals surface area contributed by atoms with Crippen molar-refractivity contribution in [1.29, 1.82) is 0 Å². The standard InChI is InChI=1S/C26H27FN2O5/c1-32-21-14-9-17(16-23(21)33-2)24(25(30)28-19-6-3-4-7-19)29(20-12-10-18(27)11-13-20)26(31)22-8-5-15-34-22/h5,8-16,19,24H,3-4,6-7H2,1-2H3,(H,28,30)/t24-/m1/s1. The van der Waals surface area contributed by atoms with Gasteiger partial charge in [0.2, 0.25) is 5.91 Å². The van der Waals surface area contributed by atoms with Gasteiger partial charge in [-0.05, 0) is 66.9 Å². The molecular weight excluding hydrogens is 439 g/mol. The summed E-state index contributed by atoms with van der Waals surface area (Å²) in [4.78, 5) is 28.7. The first kappa shape index (κ1) is 23.4. The number of furan rings is 1. The molecule has 1 heterocycles. The number of amides is 2. The predicted octanol–water partition coefficient (Wildman–Crippen LogP) is 4.88. The Morgan fingerprint density at radius 3 is 2.35 bits per heavy atom. The van der Waals surface area contributed by atoms with Gasteiger partial charge in [-0.1, -0.05) is 18.9 Å². The van der Waals surface area contributed by atoms with E-state index < -0.39 is 17.8 Å². The molecule has 7 nitrogen and oxygen atoms in total. The van der Waals surface area contributed by atoms with Crippen LogP contribution in [0.1, 0.15) is 47.8 Å². The van der Waals surface area contributed by atoms with Crippen LogP contribution in [0.15, 0.2) is 65.3 Å². The number of halogens is 1. The van der Waals surface area contributed by atoms with E-state index in [1.165, 1.54) is 55.7 Å². The fourth-order valence-corrected chi connectivity index (χ4v) is 4.30. The van der Waals surface area contributed by atoms with E-state index in [9.17, 15) is 14.0 Å². The molecule has 1 saturated carbocycles. The fraction of sp³-hybridized carbons (Fsp3) is 0.308. The molecule has 0 bridgehead atoms. The average molecular weight is 467 g/mol. The molecule has 1 atom stereocenters. The molecule has 0 saturated heterocycles. The summed E-state index contributed by atoms with van der Waals surface area (Å²) in [7, 11) is 3.02. The van der Waals surface area contributed by atoms with Crippen LogP contribution in [0.3, 0.4) is 0 Å². The van der Waals surface area contributed by atoms with Crippen molar-refractivity contribution >= 4 is 17.5 Å². The summed E-state index contributed by atoms with van der Waals surface area (Å²) < 4.78 is 29.9. The highest BCUT2D eigenvalue weighted by molar-refractivity contribution is 6.08. The van der Waals surface area contributed by atoms with Crippen LogP contribution in [0.2, 0.25) is 0 Å². The first-order valence-electron chi connectivity index (χ1n) is 11.2. The lowest BCUT2D eigenvalue weighted by molar-refractivity contribution is -0.123. The predicted molar refractivity (Wildman–Crippen MR) is 125 cm³/mol. The minimum atomic E-state index is -1.07. The number of nitrogens with zero attached hydrogens (tertiary/aromatic N) is 1. The third-order valence-electron chi connectivity index (χ3n) is 5.99.